The van der Waals surface area contributed by atoms with Crippen LogP contribution in [0.15, 0.2) is 18.2 Å². The second kappa shape index (κ2) is 8.25. The number of rotatable bonds is 7. The van der Waals surface area contributed by atoms with E-state index in [1.807, 2.05) is 25.1 Å². The van der Waals surface area contributed by atoms with Gasteiger partial charge in [0.05, 0.1) is 13.0 Å². The summed E-state index contributed by atoms with van der Waals surface area (Å²) >= 11 is 6.25. The summed E-state index contributed by atoms with van der Waals surface area (Å²) in [5.74, 6) is 0.720. The molecule has 0 saturated heterocycles. The average molecular weight is 313 g/mol. The molecule has 0 radical (unpaired) electrons. The van der Waals surface area contributed by atoms with E-state index >= 15 is 0 Å². The molecule has 0 aliphatic carbocycles. The number of carbonyl (C=O) groups excluding carboxylic acids is 1. The Morgan fingerprint density at radius 1 is 1.33 bits per heavy atom. The van der Waals surface area contributed by atoms with E-state index in [-0.39, 0.29) is 11.4 Å². The number of hydrogen-bond acceptors (Lipinski definition) is 3. The zero-order chi connectivity index (χ0) is 15.9. The van der Waals surface area contributed by atoms with E-state index in [4.69, 9.17) is 16.3 Å². The van der Waals surface area contributed by atoms with Crippen molar-refractivity contribution in [2.45, 2.75) is 46.2 Å². The molecule has 0 aliphatic heterocycles. The Morgan fingerprint density at radius 2 is 2.05 bits per heavy atom. The molecule has 0 saturated carbocycles. The van der Waals surface area contributed by atoms with Crippen molar-refractivity contribution in [2.24, 2.45) is 0 Å². The van der Waals surface area contributed by atoms with Gasteiger partial charge in [0.1, 0.15) is 5.75 Å². The lowest BCUT2D eigenvalue weighted by Gasteiger charge is -2.22. The predicted octanol–water partition coefficient (Wildman–Crippen LogP) is 3.13. The summed E-state index contributed by atoms with van der Waals surface area (Å²) in [5, 5.41) is 6.81. The first-order valence-electron chi connectivity index (χ1n) is 7.25. The molecule has 5 heteroatoms. The predicted molar refractivity (Wildman–Crippen MR) is 86.8 cm³/mol. The summed E-state index contributed by atoms with van der Waals surface area (Å²) in [5.41, 5.74) is 0.919. The Bertz CT molecular complexity index is 470. The summed E-state index contributed by atoms with van der Waals surface area (Å²) in [6, 6.07) is 5.57. The van der Waals surface area contributed by atoms with E-state index in [1.165, 1.54) is 0 Å². The molecule has 1 aromatic carbocycles. The van der Waals surface area contributed by atoms with Crippen molar-refractivity contribution in [3.63, 3.8) is 0 Å². The number of halogens is 1. The molecule has 4 nitrogen and oxygen atoms in total. The molecule has 0 unspecified atom stereocenters. The van der Waals surface area contributed by atoms with Crippen LogP contribution in [0, 0.1) is 0 Å². The highest BCUT2D eigenvalue weighted by atomic mass is 35.5. The smallest absolute Gasteiger partial charge is 0.223 e. The van der Waals surface area contributed by atoms with E-state index in [0.29, 0.717) is 31.1 Å². The van der Waals surface area contributed by atoms with Gasteiger partial charge in [0.25, 0.3) is 0 Å². The van der Waals surface area contributed by atoms with E-state index in [2.05, 4.69) is 31.4 Å². The van der Waals surface area contributed by atoms with E-state index in [9.17, 15) is 4.79 Å². The summed E-state index contributed by atoms with van der Waals surface area (Å²) in [4.78, 5) is 11.4. The number of nitrogens with one attached hydrogen (secondary N) is 2. The van der Waals surface area contributed by atoms with Gasteiger partial charge < -0.3 is 15.4 Å². The number of benzene rings is 1. The first kappa shape index (κ1) is 17.8. The van der Waals surface area contributed by atoms with Gasteiger partial charge in [0.15, 0.2) is 0 Å². The van der Waals surface area contributed by atoms with Crippen LogP contribution in [0.4, 0.5) is 0 Å². The maximum absolute atomic E-state index is 11.4. The number of carbonyl (C=O) groups is 1. The molecule has 2 N–H and O–H groups in total. The molecule has 0 bridgehead atoms. The van der Waals surface area contributed by atoms with Crippen LogP contribution in [0.3, 0.4) is 0 Å². The van der Waals surface area contributed by atoms with Gasteiger partial charge >= 0.3 is 0 Å². The molecule has 0 aromatic heterocycles. The summed E-state index contributed by atoms with van der Waals surface area (Å²) in [6.07, 6.45) is 0.340. The van der Waals surface area contributed by atoms with E-state index in [1.54, 1.807) is 0 Å². The third-order valence-corrected chi connectivity index (χ3v) is 3.19. The highest BCUT2D eigenvalue weighted by Gasteiger charge is 2.13. The van der Waals surface area contributed by atoms with Crippen molar-refractivity contribution in [3.8, 4) is 5.75 Å². The van der Waals surface area contributed by atoms with Gasteiger partial charge in [-0.2, -0.15) is 0 Å². The molecule has 1 aromatic rings. The van der Waals surface area contributed by atoms with Gasteiger partial charge in [0.2, 0.25) is 5.91 Å². The van der Waals surface area contributed by atoms with Crippen molar-refractivity contribution in [2.75, 3.05) is 13.2 Å². The van der Waals surface area contributed by atoms with Crippen molar-refractivity contribution < 1.29 is 9.53 Å². The molecule has 0 fully saturated rings. The van der Waals surface area contributed by atoms with Gasteiger partial charge in [-0.05, 0) is 39.8 Å². The first-order valence-corrected chi connectivity index (χ1v) is 7.63. The third-order valence-electron chi connectivity index (χ3n) is 2.83. The van der Waals surface area contributed by atoms with E-state index < -0.39 is 0 Å². The summed E-state index contributed by atoms with van der Waals surface area (Å²) in [6.45, 7) is 9.79. The summed E-state index contributed by atoms with van der Waals surface area (Å²) in [7, 11) is 0. The van der Waals surface area contributed by atoms with Gasteiger partial charge in [0, 0.05) is 29.2 Å². The van der Waals surface area contributed by atoms with Crippen LogP contribution < -0.4 is 15.4 Å². The second-order valence-corrected chi connectivity index (χ2v) is 6.28. The Morgan fingerprint density at radius 3 is 2.67 bits per heavy atom. The molecule has 0 aliphatic rings. The number of amides is 1. The average Bonchev–Trinajstić information content (AvgIpc) is 2.37. The normalized spacial score (nSPS) is 11.3. The zero-order valence-electron chi connectivity index (χ0n) is 13.3. The fourth-order valence-electron chi connectivity index (χ4n) is 1.74. The molecule has 118 valence electrons. The standard InChI is InChI=1S/C16H25ClN2O2/c1-5-18-15(20)9-10-21-14-8-6-7-13(17)12(14)11-19-16(2,3)4/h6-8,19H,5,9-11H2,1-4H3,(H,18,20). The topological polar surface area (TPSA) is 50.4 Å². The highest BCUT2D eigenvalue weighted by molar-refractivity contribution is 6.31. The van der Waals surface area contributed by atoms with Crippen LogP contribution in [0.1, 0.15) is 39.7 Å². The fraction of sp³-hybridized carbons (Fsp3) is 0.562. The van der Waals surface area contributed by atoms with Gasteiger partial charge in [-0.25, -0.2) is 0 Å². The van der Waals surface area contributed by atoms with Gasteiger partial charge in [-0.1, -0.05) is 17.7 Å². The van der Waals surface area contributed by atoms with Crippen LogP contribution in [0.5, 0.6) is 5.75 Å². The Labute approximate surface area is 132 Å². The maximum atomic E-state index is 11.4. The lowest BCUT2D eigenvalue weighted by molar-refractivity contribution is -0.121. The van der Waals surface area contributed by atoms with Crippen LogP contribution in [-0.4, -0.2) is 24.6 Å². The van der Waals surface area contributed by atoms with Crippen molar-refractivity contribution in [3.05, 3.63) is 28.8 Å². The molecule has 0 heterocycles. The highest BCUT2D eigenvalue weighted by Crippen LogP contribution is 2.27. The summed E-state index contributed by atoms with van der Waals surface area (Å²) < 4.78 is 5.71. The molecule has 1 amide bonds. The zero-order valence-corrected chi connectivity index (χ0v) is 14.0. The maximum Gasteiger partial charge on any atom is 0.223 e. The monoisotopic (exact) mass is 312 g/mol. The number of hydrogen-bond donors (Lipinski definition) is 2. The molecule has 1 rings (SSSR count). The quantitative estimate of drug-likeness (QED) is 0.813. The Balaban J connectivity index is 2.65. The SMILES string of the molecule is CCNC(=O)CCOc1cccc(Cl)c1CNC(C)(C)C. The van der Waals surface area contributed by atoms with Crippen LogP contribution in [0.2, 0.25) is 5.02 Å². The lowest BCUT2D eigenvalue weighted by Crippen LogP contribution is -2.35. The minimum Gasteiger partial charge on any atom is -0.493 e. The lowest BCUT2D eigenvalue weighted by atomic mass is 10.1. The van der Waals surface area contributed by atoms with Crippen molar-refractivity contribution in [1.82, 2.24) is 10.6 Å². The molecular formula is C16H25ClN2O2. The molecule has 21 heavy (non-hydrogen) atoms. The van der Waals surface area contributed by atoms with Crippen LogP contribution in [-0.2, 0) is 11.3 Å². The van der Waals surface area contributed by atoms with Crippen LogP contribution in [0.25, 0.3) is 0 Å². The van der Waals surface area contributed by atoms with E-state index in [0.717, 1.165) is 11.3 Å². The largest absolute Gasteiger partial charge is 0.493 e. The molecule has 0 atom stereocenters. The molecule has 0 spiro atoms. The minimum absolute atomic E-state index is 0.00253. The van der Waals surface area contributed by atoms with Crippen molar-refractivity contribution >= 4 is 17.5 Å². The fourth-order valence-corrected chi connectivity index (χ4v) is 1.97. The first-order chi connectivity index (χ1) is 9.83. The third kappa shape index (κ3) is 6.82. The second-order valence-electron chi connectivity index (χ2n) is 5.87. The molecular weight excluding hydrogens is 288 g/mol. The van der Waals surface area contributed by atoms with Crippen LogP contribution >= 0.6 is 11.6 Å². The van der Waals surface area contributed by atoms with Gasteiger partial charge in [-0.15, -0.1) is 0 Å². The van der Waals surface area contributed by atoms with Gasteiger partial charge in [-0.3, -0.25) is 4.79 Å². The number of ether oxygens (including phenoxy) is 1. The minimum atomic E-state index is -0.00565. The van der Waals surface area contributed by atoms with Crippen molar-refractivity contribution in [1.29, 1.82) is 0 Å². The Kier molecular flexibility index (Phi) is 6.99. The Hall–Kier alpha value is -1.26.